The summed E-state index contributed by atoms with van der Waals surface area (Å²) >= 11 is 0. The van der Waals surface area contributed by atoms with E-state index in [0.717, 1.165) is 39.8 Å². The van der Waals surface area contributed by atoms with Crippen molar-refractivity contribution in [2.45, 2.75) is 32.6 Å². The number of hydrogen-bond acceptors (Lipinski definition) is 3. The van der Waals surface area contributed by atoms with E-state index >= 15 is 0 Å². The molecule has 0 atom stereocenters. The van der Waals surface area contributed by atoms with Gasteiger partial charge in [0.05, 0.1) is 17.8 Å². The third-order valence-electron chi connectivity index (χ3n) is 5.36. The van der Waals surface area contributed by atoms with E-state index in [1.54, 1.807) is 6.20 Å². The van der Waals surface area contributed by atoms with Crippen molar-refractivity contribution in [1.82, 2.24) is 20.8 Å². The molecule has 0 radical (unpaired) electrons. The zero-order chi connectivity index (χ0) is 22.3. The Balaban J connectivity index is 1.37. The molecule has 3 N–H and O–H groups in total. The zero-order valence-electron chi connectivity index (χ0n) is 18.0. The van der Waals surface area contributed by atoms with Crippen LogP contribution in [0.15, 0.2) is 72.9 Å². The van der Waals surface area contributed by atoms with Gasteiger partial charge in [-0.25, -0.2) is 0 Å². The third kappa shape index (κ3) is 5.21. The third-order valence-corrected chi connectivity index (χ3v) is 5.36. The first-order valence-electron chi connectivity index (χ1n) is 10.7. The Bertz CT molecular complexity index is 1220. The summed E-state index contributed by atoms with van der Waals surface area (Å²) in [7, 11) is 0. The lowest BCUT2D eigenvalue weighted by atomic mass is 10.0. The molecule has 0 aliphatic rings. The number of pyridine rings is 1. The van der Waals surface area contributed by atoms with Gasteiger partial charge in [-0.05, 0) is 55.2 Å². The maximum absolute atomic E-state index is 12.3. The second kappa shape index (κ2) is 9.92. The molecule has 2 amide bonds. The second-order valence-corrected chi connectivity index (χ2v) is 7.85. The van der Waals surface area contributed by atoms with E-state index in [2.05, 4.69) is 45.9 Å². The quantitative estimate of drug-likeness (QED) is 0.386. The Morgan fingerprint density at radius 3 is 2.50 bits per heavy atom. The SMILES string of the molecule is Cc1ccc2[nH]c(-c3ccccn3)c(CCCC(=O)NNC(=O)Cc3ccccc3)c2c1. The van der Waals surface area contributed by atoms with Crippen LogP contribution in [0.25, 0.3) is 22.3 Å². The molecule has 0 fully saturated rings. The summed E-state index contributed by atoms with van der Waals surface area (Å²) in [5, 5.41) is 1.15. The lowest BCUT2D eigenvalue weighted by molar-refractivity contribution is -0.128. The smallest absolute Gasteiger partial charge is 0.242 e. The Hall–Kier alpha value is -3.93. The minimum absolute atomic E-state index is 0.207. The summed E-state index contributed by atoms with van der Waals surface area (Å²) < 4.78 is 0. The largest absolute Gasteiger partial charge is 0.353 e. The maximum atomic E-state index is 12.3. The van der Waals surface area contributed by atoms with Crippen molar-refractivity contribution in [1.29, 1.82) is 0 Å². The molecular formula is C26H26N4O2. The molecule has 0 saturated heterocycles. The number of aryl methyl sites for hydroxylation is 2. The summed E-state index contributed by atoms with van der Waals surface area (Å²) in [5.41, 5.74) is 11.2. The maximum Gasteiger partial charge on any atom is 0.242 e. The van der Waals surface area contributed by atoms with Gasteiger partial charge in [0.1, 0.15) is 0 Å². The second-order valence-electron chi connectivity index (χ2n) is 7.85. The molecule has 2 heterocycles. The van der Waals surface area contributed by atoms with Crippen molar-refractivity contribution in [2.75, 3.05) is 0 Å². The summed E-state index contributed by atoms with van der Waals surface area (Å²) in [6.45, 7) is 2.07. The number of nitrogens with zero attached hydrogens (tertiary/aromatic N) is 1. The normalized spacial score (nSPS) is 10.8. The molecule has 2 aromatic heterocycles. The molecular weight excluding hydrogens is 400 g/mol. The molecule has 4 aromatic rings. The van der Waals surface area contributed by atoms with Crippen LogP contribution in [0.4, 0.5) is 0 Å². The molecule has 162 valence electrons. The van der Waals surface area contributed by atoms with Crippen LogP contribution in [0, 0.1) is 6.92 Å². The van der Waals surface area contributed by atoms with Crippen LogP contribution in [-0.4, -0.2) is 21.8 Å². The van der Waals surface area contributed by atoms with Gasteiger partial charge in [-0.3, -0.25) is 25.4 Å². The molecule has 0 saturated carbocycles. The number of rotatable bonds is 7. The van der Waals surface area contributed by atoms with Gasteiger partial charge < -0.3 is 4.98 Å². The zero-order valence-corrected chi connectivity index (χ0v) is 18.0. The van der Waals surface area contributed by atoms with E-state index in [-0.39, 0.29) is 18.2 Å². The molecule has 0 bridgehead atoms. The molecule has 0 spiro atoms. The predicted molar refractivity (Wildman–Crippen MR) is 126 cm³/mol. The van der Waals surface area contributed by atoms with Crippen LogP contribution in [0.3, 0.4) is 0 Å². The number of fused-ring (bicyclic) bond motifs is 1. The minimum atomic E-state index is -0.242. The Labute approximate surface area is 187 Å². The number of hydrazine groups is 1. The summed E-state index contributed by atoms with van der Waals surface area (Å²) in [6.07, 6.45) is 3.69. The number of carbonyl (C=O) groups is 2. The van der Waals surface area contributed by atoms with E-state index < -0.39 is 0 Å². The molecule has 0 aliphatic heterocycles. The summed E-state index contributed by atoms with van der Waals surface area (Å²) in [4.78, 5) is 32.3. The number of aromatic nitrogens is 2. The summed E-state index contributed by atoms with van der Waals surface area (Å²) in [6, 6.07) is 21.6. The molecule has 6 nitrogen and oxygen atoms in total. The van der Waals surface area contributed by atoms with E-state index in [1.165, 1.54) is 5.56 Å². The van der Waals surface area contributed by atoms with Crippen molar-refractivity contribution < 1.29 is 9.59 Å². The van der Waals surface area contributed by atoms with Crippen molar-refractivity contribution >= 4 is 22.7 Å². The number of nitrogens with one attached hydrogen (secondary N) is 3. The number of amides is 2. The van der Waals surface area contributed by atoms with Gasteiger partial charge in [0.15, 0.2) is 0 Å². The van der Waals surface area contributed by atoms with E-state index in [9.17, 15) is 9.59 Å². The van der Waals surface area contributed by atoms with E-state index in [0.29, 0.717) is 12.8 Å². The average molecular weight is 427 g/mol. The lowest BCUT2D eigenvalue weighted by Gasteiger charge is -2.08. The monoisotopic (exact) mass is 426 g/mol. The standard InChI is InChI=1S/C26H26N4O2/c1-18-13-14-22-21(16-18)20(26(28-22)23-11-5-6-15-27-23)10-7-12-24(31)29-30-25(32)17-19-8-3-2-4-9-19/h2-6,8-9,11,13-16,28H,7,10,12,17H2,1H3,(H,29,31)(H,30,32). The van der Waals surface area contributed by atoms with Gasteiger partial charge in [0, 0.05) is 23.5 Å². The highest BCUT2D eigenvalue weighted by atomic mass is 16.2. The van der Waals surface area contributed by atoms with E-state index in [4.69, 9.17) is 0 Å². The Kier molecular flexibility index (Phi) is 6.60. The van der Waals surface area contributed by atoms with Gasteiger partial charge in [-0.2, -0.15) is 0 Å². The Morgan fingerprint density at radius 1 is 0.938 bits per heavy atom. The Morgan fingerprint density at radius 2 is 1.72 bits per heavy atom. The highest BCUT2D eigenvalue weighted by molar-refractivity contribution is 5.91. The predicted octanol–water partition coefficient (Wildman–Crippen LogP) is 4.25. The van der Waals surface area contributed by atoms with Gasteiger partial charge >= 0.3 is 0 Å². The van der Waals surface area contributed by atoms with Crippen molar-refractivity contribution in [2.24, 2.45) is 0 Å². The van der Waals surface area contributed by atoms with Gasteiger partial charge in [-0.15, -0.1) is 0 Å². The first kappa shape index (κ1) is 21.3. The minimum Gasteiger partial charge on any atom is -0.353 e. The molecule has 32 heavy (non-hydrogen) atoms. The first-order chi connectivity index (χ1) is 15.6. The molecule has 2 aromatic carbocycles. The first-order valence-corrected chi connectivity index (χ1v) is 10.7. The van der Waals surface area contributed by atoms with Crippen molar-refractivity contribution in [3.8, 4) is 11.4 Å². The van der Waals surface area contributed by atoms with Crippen LogP contribution in [0.2, 0.25) is 0 Å². The number of benzene rings is 2. The fourth-order valence-corrected chi connectivity index (χ4v) is 3.80. The van der Waals surface area contributed by atoms with Crippen molar-refractivity contribution in [3.05, 3.63) is 89.6 Å². The molecule has 6 heteroatoms. The highest BCUT2D eigenvalue weighted by Gasteiger charge is 2.15. The topological polar surface area (TPSA) is 86.9 Å². The highest BCUT2D eigenvalue weighted by Crippen LogP contribution is 2.31. The molecule has 0 unspecified atom stereocenters. The van der Waals surface area contributed by atoms with Gasteiger partial charge in [-0.1, -0.05) is 48.0 Å². The van der Waals surface area contributed by atoms with Gasteiger partial charge in [0.25, 0.3) is 0 Å². The van der Waals surface area contributed by atoms with Crippen LogP contribution in [0.1, 0.15) is 29.5 Å². The number of hydrogen-bond donors (Lipinski definition) is 3. The molecule has 0 aliphatic carbocycles. The van der Waals surface area contributed by atoms with Crippen LogP contribution < -0.4 is 10.9 Å². The van der Waals surface area contributed by atoms with Gasteiger partial charge in [0.2, 0.25) is 11.8 Å². The van der Waals surface area contributed by atoms with Crippen LogP contribution >= 0.6 is 0 Å². The lowest BCUT2D eigenvalue weighted by Crippen LogP contribution is -2.42. The van der Waals surface area contributed by atoms with Crippen LogP contribution in [0.5, 0.6) is 0 Å². The van der Waals surface area contributed by atoms with Crippen molar-refractivity contribution in [3.63, 3.8) is 0 Å². The fraction of sp³-hybridized carbons (Fsp3) is 0.192. The number of H-pyrrole nitrogens is 1. The summed E-state index contributed by atoms with van der Waals surface area (Å²) in [5.74, 6) is -0.448. The average Bonchev–Trinajstić information content (AvgIpc) is 3.17. The van der Waals surface area contributed by atoms with E-state index in [1.807, 2.05) is 48.5 Å². The fourth-order valence-electron chi connectivity index (χ4n) is 3.80. The van der Waals surface area contributed by atoms with Crippen LogP contribution in [-0.2, 0) is 22.4 Å². The number of aromatic amines is 1. The number of carbonyl (C=O) groups excluding carboxylic acids is 2. The molecule has 4 rings (SSSR count).